The predicted molar refractivity (Wildman–Crippen MR) is 395 cm³/mol. The average molecular weight is 1420 g/mol. The number of hydrogen-bond acceptors (Lipinski definition) is 15. The van der Waals surface area contributed by atoms with Crippen LogP contribution in [0.3, 0.4) is 0 Å². The van der Waals surface area contributed by atoms with E-state index in [-0.39, 0.29) is 25.7 Å². The van der Waals surface area contributed by atoms with E-state index in [1.165, 1.54) is 205 Å². The summed E-state index contributed by atoms with van der Waals surface area (Å²) >= 11 is 0. The molecule has 97 heavy (non-hydrogen) atoms. The van der Waals surface area contributed by atoms with Crippen molar-refractivity contribution in [1.29, 1.82) is 0 Å². The highest BCUT2D eigenvalue weighted by Crippen LogP contribution is 2.45. The molecule has 0 aromatic rings. The number of phosphoric ester groups is 2. The Morgan fingerprint density at radius 2 is 0.526 bits per heavy atom. The lowest BCUT2D eigenvalue weighted by Gasteiger charge is -2.21. The first-order chi connectivity index (χ1) is 46.8. The van der Waals surface area contributed by atoms with Crippen LogP contribution < -0.4 is 0 Å². The zero-order valence-electron chi connectivity index (χ0n) is 63.5. The van der Waals surface area contributed by atoms with Gasteiger partial charge in [0, 0.05) is 25.7 Å². The molecule has 0 heterocycles. The molecule has 0 fully saturated rings. The Morgan fingerprint density at radius 3 is 0.784 bits per heavy atom. The molecule has 0 aliphatic carbocycles. The molecule has 576 valence electrons. The van der Waals surface area contributed by atoms with Crippen LogP contribution in [-0.2, 0) is 65.4 Å². The van der Waals surface area contributed by atoms with Crippen LogP contribution in [0.4, 0.5) is 0 Å². The summed E-state index contributed by atoms with van der Waals surface area (Å²) in [5.41, 5.74) is 0. The molecule has 17 nitrogen and oxygen atoms in total. The van der Waals surface area contributed by atoms with Crippen LogP contribution in [0.1, 0.15) is 402 Å². The Bertz CT molecular complexity index is 1890. The van der Waals surface area contributed by atoms with Crippen LogP contribution in [0.5, 0.6) is 0 Å². The third kappa shape index (κ3) is 70.9. The van der Waals surface area contributed by atoms with E-state index in [0.29, 0.717) is 25.7 Å². The summed E-state index contributed by atoms with van der Waals surface area (Å²) in [5, 5.41) is 10.6. The van der Waals surface area contributed by atoms with E-state index in [2.05, 4.69) is 48.5 Å². The summed E-state index contributed by atoms with van der Waals surface area (Å²) in [6, 6.07) is 0. The van der Waals surface area contributed by atoms with Crippen LogP contribution in [-0.4, -0.2) is 96.7 Å². The molecule has 3 N–H and O–H groups in total. The zero-order chi connectivity index (χ0) is 71.6. The van der Waals surface area contributed by atoms with Gasteiger partial charge in [0.25, 0.3) is 0 Å². The van der Waals surface area contributed by atoms with Crippen molar-refractivity contribution in [2.45, 2.75) is 420 Å². The molecular formula is C78H152O17P2. The number of hydrogen-bond donors (Lipinski definition) is 3. The molecule has 0 radical (unpaired) electrons. The summed E-state index contributed by atoms with van der Waals surface area (Å²) < 4.78 is 68.5. The number of aliphatic hydroxyl groups is 1. The van der Waals surface area contributed by atoms with Crippen molar-refractivity contribution in [3.8, 4) is 0 Å². The third-order valence-corrected chi connectivity index (χ3v) is 20.4. The summed E-state index contributed by atoms with van der Waals surface area (Å²) in [4.78, 5) is 72.8. The van der Waals surface area contributed by atoms with Crippen LogP contribution >= 0.6 is 15.6 Å². The molecule has 0 aromatic carbocycles. The standard InChI is InChI=1S/C78H152O17P2/c1-8-10-11-12-13-38-45-52-59-75(80)88-65-73(94-78(83)62-55-48-41-34-28-27-31-37-44-51-58-71(7)9-2)67-92-96(84,85)90-63-72(79)64-91-97(86,87)93-68-74(66-89-76(81)60-53-46-39-32-25-22-18-20-24-30-36-43-50-57-70(5)6)95-77(82)61-54-47-40-33-26-21-17-15-14-16-19-23-29-35-42-49-56-69(3)4/h69-74,79H,8-68H2,1-7H3,(H,84,85)(H,86,87)/t71?,72-,73+,74+/m0/s1. The lowest BCUT2D eigenvalue weighted by atomic mass is 9.99. The monoisotopic (exact) mass is 1420 g/mol. The number of unbranched alkanes of at least 4 members (excludes halogenated alkanes) is 43. The average Bonchev–Trinajstić information content (AvgIpc) is 1.99. The normalized spacial score (nSPS) is 14.3. The van der Waals surface area contributed by atoms with E-state index in [1.54, 1.807) is 0 Å². The molecular weight excluding hydrogens is 1270 g/mol. The minimum absolute atomic E-state index is 0.106. The molecule has 0 aliphatic heterocycles. The molecule has 0 aromatic heterocycles. The molecule has 0 rings (SSSR count). The van der Waals surface area contributed by atoms with Gasteiger partial charge in [0.15, 0.2) is 12.2 Å². The summed E-state index contributed by atoms with van der Waals surface area (Å²) in [5.74, 6) is 0.287. The number of aliphatic hydroxyl groups excluding tert-OH is 1. The Balaban J connectivity index is 5.22. The number of rotatable bonds is 76. The second kappa shape index (κ2) is 68.5. The summed E-state index contributed by atoms with van der Waals surface area (Å²) in [6.45, 7) is 12.0. The summed E-state index contributed by atoms with van der Waals surface area (Å²) in [6.07, 6.45) is 55.5. The third-order valence-electron chi connectivity index (χ3n) is 18.5. The highest BCUT2D eigenvalue weighted by Gasteiger charge is 2.30. The topological polar surface area (TPSA) is 237 Å². The van der Waals surface area contributed by atoms with Gasteiger partial charge in [-0.3, -0.25) is 37.3 Å². The van der Waals surface area contributed by atoms with Gasteiger partial charge in [-0.25, -0.2) is 9.13 Å². The first kappa shape index (κ1) is 95.1. The minimum atomic E-state index is -4.96. The Kier molecular flexibility index (Phi) is 67.1. The van der Waals surface area contributed by atoms with Crippen molar-refractivity contribution in [1.82, 2.24) is 0 Å². The van der Waals surface area contributed by atoms with Crippen LogP contribution in [0.15, 0.2) is 0 Å². The molecule has 0 bridgehead atoms. The molecule has 0 saturated carbocycles. The second-order valence-electron chi connectivity index (χ2n) is 29.3. The fraction of sp³-hybridized carbons (Fsp3) is 0.949. The molecule has 3 unspecified atom stereocenters. The van der Waals surface area contributed by atoms with E-state index < -0.39 is 97.5 Å². The van der Waals surface area contributed by atoms with E-state index in [4.69, 9.17) is 37.0 Å². The quantitative estimate of drug-likeness (QED) is 0.0222. The van der Waals surface area contributed by atoms with Gasteiger partial charge >= 0.3 is 39.5 Å². The molecule has 0 saturated heterocycles. The number of phosphoric acid groups is 2. The van der Waals surface area contributed by atoms with E-state index in [0.717, 1.165) is 114 Å². The van der Waals surface area contributed by atoms with Crippen LogP contribution in [0.25, 0.3) is 0 Å². The summed E-state index contributed by atoms with van der Waals surface area (Å²) in [7, 11) is -9.91. The SMILES string of the molecule is CCCCCCCCCCC(=O)OC[C@H](COP(=O)(O)OC[C@H](O)COP(=O)(O)OC[C@@H](COC(=O)CCCCCCCCCCCCCCCC(C)C)OC(=O)CCCCCCCCCCCCCCCCCCC(C)C)OC(=O)CCCCCCCCCCCCC(C)CC. The zero-order valence-corrected chi connectivity index (χ0v) is 65.3. The molecule has 6 atom stereocenters. The number of esters is 4. The number of carbonyl (C=O) groups is 4. The second-order valence-corrected chi connectivity index (χ2v) is 32.2. The maximum Gasteiger partial charge on any atom is 0.472 e. The molecule has 0 aliphatic rings. The van der Waals surface area contributed by atoms with Crippen LogP contribution in [0.2, 0.25) is 0 Å². The predicted octanol–water partition coefficient (Wildman–Crippen LogP) is 23.0. The van der Waals surface area contributed by atoms with Crippen LogP contribution in [0, 0.1) is 17.8 Å². The molecule has 19 heteroatoms. The minimum Gasteiger partial charge on any atom is -0.462 e. The number of ether oxygens (including phenoxy) is 4. The van der Waals surface area contributed by atoms with Crippen molar-refractivity contribution in [2.24, 2.45) is 17.8 Å². The van der Waals surface area contributed by atoms with Crippen molar-refractivity contribution >= 4 is 39.5 Å². The maximum absolute atomic E-state index is 13.1. The van der Waals surface area contributed by atoms with E-state index in [9.17, 15) is 43.2 Å². The highest BCUT2D eigenvalue weighted by molar-refractivity contribution is 7.47. The van der Waals surface area contributed by atoms with Gasteiger partial charge in [-0.2, -0.15) is 0 Å². The lowest BCUT2D eigenvalue weighted by molar-refractivity contribution is -0.161. The highest BCUT2D eigenvalue weighted by atomic mass is 31.2. The first-order valence-corrected chi connectivity index (χ1v) is 43.4. The van der Waals surface area contributed by atoms with Gasteiger partial charge in [-0.15, -0.1) is 0 Å². The van der Waals surface area contributed by atoms with Gasteiger partial charge < -0.3 is 33.8 Å². The fourth-order valence-corrected chi connectivity index (χ4v) is 13.5. The smallest absolute Gasteiger partial charge is 0.462 e. The Morgan fingerprint density at radius 1 is 0.299 bits per heavy atom. The van der Waals surface area contributed by atoms with Crippen molar-refractivity contribution in [3.63, 3.8) is 0 Å². The van der Waals surface area contributed by atoms with Gasteiger partial charge in [0.2, 0.25) is 0 Å². The van der Waals surface area contributed by atoms with Crippen molar-refractivity contribution in [2.75, 3.05) is 39.6 Å². The van der Waals surface area contributed by atoms with Crippen molar-refractivity contribution in [3.05, 3.63) is 0 Å². The molecule has 0 amide bonds. The maximum atomic E-state index is 13.1. The largest absolute Gasteiger partial charge is 0.472 e. The Hall–Kier alpha value is -1.94. The fourth-order valence-electron chi connectivity index (χ4n) is 11.9. The number of carbonyl (C=O) groups excluding carboxylic acids is 4. The van der Waals surface area contributed by atoms with Crippen molar-refractivity contribution < 1.29 is 80.2 Å². The Labute approximate surface area is 594 Å². The first-order valence-electron chi connectivity index (χ1n) is 40.4. The van der Waals surface area contributed by atoms with Gasteiger partial charge in [0.05, 0.1) is 26.4 Å². The molecule has 0 spiro atoms. The lowest BCUT2D eigenvalue weighted by Crippen LogP contribution is -2.30. The van der Waals surface area contributed by atoms with E-state index >= 15 is 0 Å². The van der Waals surface area contributed by atoms with Gasteiger partial charge in [-0.05, 0) is 43.4 Å². The van der Waals surface area contributed by atoms with Gasteiger partial charge in [0.1, 0.15) is 19.3 Å². The van der Waals surface area contributed by atoms with Gasteiger partial charge in [-0.1, -0.05) is 350 Å². The van der Waals surface area contributed by atoms with E-state index in [1.807, 2.05) is 0 Å².